The van der Waals surface area contributed by atoms with E-state index in [0.29, 0.717) is 23.8 Å². The molecule has 0 bridgehead atoms. The summed E-state index contributed by atoms with van der Waals surface area (Å²) < 4.78 is 6.01. The second-order valence-corrected chi connectivity index (χ2v) is 7.05. The molecule has 0 unspecified atom stereocenters. The minimum absolute atomic E-state index is 0.0657. The number of anilines is 1. The van der Waals surface area contributed by atoms with Crippen molar-refractivity contribution in [2.75, 3.05) is 18.5 Å². The molecule has 1 fully saturated rings. The summed E-state index contributed by atoms with van der Waals surface area (Å²) in [5.74, 6) is -0.320. The fourth-order valence-corrected chi connectivity index (χ4v) is 3.15. The molecule has 1 aromatic heterocycles. The van der Waals surface area contributed by atoms with Gasteiger partial charge in [0.1, 0.15) is 4.88 Å². The lowest BCUT2D eigenvalue weighted by Gasteiger charge is -2.26. The van der Waals surface area contributed by atoms with Crippen LogP contribution < -0.4 is 10.6 Å². The fourth-order valence-electron chi connectivity index (χ4n) is 2.14. The molecule has 0 spiro atoms. The molecule has 1 aliphatic heterocycles. The largest absolute Gasteiger partial charge is 0.377 e. The molecule has 2 amide bonds. The molecule has 0 radical (unpaired) electrons. The first kappa shape index (κ1) is 16.2. The number of thiophene rings is 1. The number of nitrogens with one attached hydrogen (secondary N) is 2. The molecular formula is C16H15BrN2O3S. The van der Waals surface area contributed by atoms with Crippen molar-refractivity contribution in [1.29, 1.82) is 0 Å². The van der Waals surface area contributed by atoms with Crippen molar-refractivity contribution in [3.8, 4) is 0 Å². The van der Waals surface area contributed by atoms with E-state index in [4.69, 9.17) is 4.74 Å². The summed E-state index contributed by atoms with van der Waals surface area (Å²) in [4.78, 5) is 24.9. The van der Waals surface area contributed by atoms with E-state index >= 15 is 0 Å². The van der Waals surface area contributed by atoms with Gasteiger partial charge >= 0.3 is 0 Å². The molecule has 3 rings (SSSR count). The van der Waals surface area contributed by atoms with Gasteiger partial charge in [-0.15, -0.1) is 11.3 Å². The van der Waals surface area contributed by atoms with Crippen LogP contribution in [0.25, 0.3) is 0 Å². The Bertz CT molecular complexity index is 710. The predicted octanol–water partition coefficient (Wildman–Crippen LogP) is 2.82. The summed E-state index contributed by atoms with van der Waals surface area (Å²) in [6.45, 7) is 1.09. The SMILES string of the molecule is O=C(Cc1ccc(Br)cc1)Nc1ccsc1C(=O)NC1COC1. The Labute approximate surface area is 146 Å². The molecule has 5 nitrogen and oxygen atoms in total. The Morgan fingerprint density at radius 1 is 1.22 bits per heavy atom. The van der Waals surface area contributed by atoms with Gasteiger partial charge in [0.05, 0.1) is 31.4 Å². The average molecular weight is 395 g/mol. The number of carbonyl (C=O) groups is 2. The molecule has 1 aliphatic rings. The van der Waals surface area contributed by atoms with Gasteiger partial charge in [0.2, 0.25) is 5.91 Å². The highest BCUT2D eigenvalue weighted by Gasteiger charge is 2.23. The molecule has 2 aromatic rings. The second-order valence-electron chi connectivity index (χ2n) is 5.22. The summed E-state index contributed by atoms with van der Waals surface area (Å²) in [7, 11) is 0. The van der Waals surface area contributed by atoms with E-state index in [1.807, 2.05) is 24.3 Å². The van der Waals surface area contributed by atoms with Crippen molar-refractivity contribution >= 4 is 44.8 Å². The van der Waals surface area contributed by atoms with E-state index in [1.165, 1.54) is 11.3 Å². The monoisotopic (exact) mass is 394 g/mol. The van der Waals surface area contributed by atoms with Crippen LogP contribution in [0.4, 0.5) is 5.69 Å². The number of hydrogen-bond donors (Lipinski definition) is 2. The highest BCUT2D eigenvalue weighted by Crippen LogP contribution is 2.23. The lowest BCUT2D eigenvalue weighted by Crippen LogP contribution is -2.48. The van der Waals surface area contributed by atoms with Crippen molar-refractivity contribution in [3.05, 3.63) is 50.6 Å². The van der Waals surface area contributed by atoms with Gasteiger partial charge in [-0.2, -0.15) is 0 Å². The Morgan fingerprint density at radius 3 is 2.61 bits per heavy atom. The van der Waals surface area contributed by atoms with Gasteiger partial charge in [-0.1, -0.05) is 28.1 Å². The maximum atomic E-state index is 12.2. The van der Waals surface area contributed by atoms with Crippen molar-refractivity contribution in [3.63, 3.8) is 0 Å². The van der Waals surface area contributed by atoms with Crippen LogP contribution in [0.5, 0.6) is 0 Å². The standard InChI is InChI=1S/C16H15BrN2O3S/c17-11-3-1-10(2-4-11)7-14(20)19-13-5-6-23-15(13)16(21)18-12-8-22-9-12/h1-6,12H,7-9H2,(H,18,21)(H,19,20). The van der Waals surface area contributed by atoms with E-state index in [0.717, 1.165) is 10.0 Å². The minimum atomic E-state index is -0.174. The molecule has 0 aliphatic carbocycles. The minimum Gasteiger partial charge on any atom is -0.377 e. The lowest BCUT2D eigenvalue weighted by atomic mass is 10.1. The van der Waals surface area contributed by atoms with E-state index in [9.17, 15) is 9.59 Å². The predicted molar refractivity (Wildman–Crippen MR) is 92.9 cm³/mol. The first-order chi connectivity index (χ1) is 11.1. The van der Waals surface area contributed by atoms with E-state index in [-0.39, 0.29) is 24.3 Å². The first-order valence-corrected chi connectivity index (χ1v) is 8.79. The first-order valence-electron chi connectivity index (χ1n) is 7.12. The van der Waals surface area contributed by atoms with Gasteiger partial charge in [-0.3, -0.25) is 9.59 Å². The van der Waals surface area contributed by atoms with Crippen LogP contribution in [0.1, 0.15) is 15.2 Å². The molecule has 1 saturated heterocycles. The number of amides is 2. The number of benzene rings is 1. The topological polar surface area (TPSA) is 67.4 Å². The van der Waals surface area contributed by atoms with E-state index < -0.39 is 0 Å². The van der Waals surface area contributed by atoms with Gasteiger partial charge in [0.25, 0.3) is 5.91 Å². The van der Waals surface area contributed by atoms with Gasteiger partial charge in [-0.25, -0.2) is 0 Å². The molecule has 120 valence electrons. The number of hydrogen-bond acceptors (Lipinski definition) is 4. The second kappa shape index (κ2) is 7.25. The van der Waals surface area contributed by atoms with E-state index in [1.54, 1.807) is 11.4 Å². The van der Waals surface area contributed by atoms with Crippen molar-refractivity contribution in [2.24, 2.45) is 0 Å². The molecule has 7 heteroatoms. The average Bonchev–Trinajstić information content (AvgIpc) is 2.93. The van der Waals surface area contributed by atoms with Gasteiger partial charge in [0.15, 0.2) is 0 Å². The van der Waals surface area contributed by atoms with Crippen LogP contribution >= 0.6 is 27.3 Å². The van der Waals surface area contributed by atoms with Crippen molar-refractivity contribution in [1.82, 2.24) is 5.32 Å². The van der Waals surface area contributed by atoms with Gasteiger partial charge in [-0.05, 0) is 29.1 Å². The summed E-state index contributed by atoms with van der Waals surface area (Å²) in [5, 5.41) is 7.48. The number of halogens is 1. The summed E-state index contributed by atoms with van der Waals surface area (Å²) in [5.41, 5.74) is 1.47. The van der Waals surface area contributed by atoms with Crippen LogP contribution in [-0.4, -0.2) is 31.1 Å². The number of rotatable bonds is 5. The normalized spacial score (nSPS) is 14.1. The fraction of sp³-hybridized carbons (Fsp3) is 0.250. The molecule has 23 heavy (non-hydrogen) atoms. The molecular weight excluding hydrogens is 380 g/mol. The smallest absolute Gasteiger partial charge is 0.263 e. The van der Waals surface area contributed by atoms with Crippen LogP contribution in [0.15, 0.2) is 40.2 Å². The lowest BCUT2D eigenvalue weighted by molar-refractivity contribution is -0.115. The Hall–Kier alpha value is -1.70. The maximum Gasteiger partial charge on any atom is 0.263 e. The molecule has 2 heterocycles. The summed E-state index contributed by atoms with van der Waals surface area (Å²) in [6.07, 6.45) is 0.265. The number of ether oxygens (including phenoxy) is 1. The van der Waals surface area contributed by atoms with Crippen molar-refractivity contribution < 1.29 is 14.3 Å². The summed E-state index contributed by atoms with van der Waals surface area (Å²) >= 11 is 4.67. The number of carbonyl (C=O) groups excluding carboxylic acids is 2. The summed E-state index contributed by atoms with van der Waals surface area (Å²) in [6, 6.07) is 9.38. The molecule has 0 atom stereocenters. The van der Waals surface area contributed by atoms with Gasteiger partial charge < -0.3 is 15.4 Å². The Morgan fingerprint density at radius 2 is 1.96 bits per heavy atom. The van der Waals surface area contributed by atoms with Crippen LogP contribution in [0.3, 0.4) is 0 Å². The quantitative estimate of drug-likeness (QED) is 0.818. The zero-order valence-electron chi connectivity index (χ0n) is 12.2. The molecule has 0 saturated carbocycles. The third-order valence-corrected chi connectivity index (χ3v) is 4.84. The van der Waals surface area contributed by atoms with Crippen LogP contribution in [0, 0.1) is 0 Å². The van der Waals surface area contributed by atoms with E-state index in [2.05, 4.69) is 26.6 Å². The zero-order chi connectivity index (χ0) is 16.2. The van der Waals surface area contributed by atoms with Gasteiger partial charge in [0, 0.05) is 4.47 Å². The third-order valence-electron chi connectivity index (χ3n) is 3.40. The third kappa shape index (κ3) is 4.19. The Balaban J connectivity index is 1.61. The van der Waals surface area contributed by atoms with Crippen LogP contribution in [-0.2, 0) is 16.0 Å². The van der Waals surface area contributed by atoms with Crippen molar-refractivity contribution in [2.45, 2.75) is 12.5 Å². The molecule has 1 aromatic carbocycles. The van der Waals surface area contributed by atoms with Crippen LogP contribution in [0.2, 0.25) is 0 Å². The highest BCUT2D eigenvalue weighted by molar-refractivity contribution is 9.10. The maximum absolute atomic E-state index is 12.2. The zero-order valence-corrected chi connectivity index (χ0v) is 14.6. The highest BCUT2D eigenvalue weighted by atomic mass is 79.9. The Kier molecular flexibility index (Phi) is 5.09. The molecule has 2 N–H and O–H groups in total.